The van der Waals surface area contributed by atoms with Crippen LogP contribution in [0.2, 0.25) is 5.02 Å². The van der Waals surface area contributed by atoms with E-state index in [1.807, 2.05) is 12.1 Å². The number of nitrogens with one attached hydrogen (secondary N) is 1. The smallest absolute Gasteiger partial charge is 0.0438 e. The maximum absolute atomic E-state index is 6.30. The molecule has 0 aliphatic heterocycles. The molecule has 0 aromatic heterocycles. The average Bonchev–Trinajstić information content (AvgIpc) is 2.47. The molecule has 1 nitrogen and oxygen atoms in total. The summed E-state index contributed by atoms with van der Waals surface area (Å²) in [5.74, 6) is 0.541. The molecule has 0 heterocycles. The van der Waals surface area contributed by atoms with Gasteiger partial charge in [0.15, 0.2) is 0 Å². The molecule has 0 bridgehead atoms. The van der Waals surface area contributed by atoms with Gasteiger partial charge in [0.2, 0.25) is 0 Å². The second-order valence-electron chi connectivity index (χ2n) is 5.30. The number of halogens is 2. The van der Waals surface area contributed by atoms with Gasteiger partial charge in [-0.1, -0.05) is 64.8 Å². The molecular formula is C18H21BrClN. The largest absolute Gasteiger partial charge is 0.317 e. The molecule has 0 spiro atoms. The molecule has 0 radical (unpaired) electrons. The summed E-state index contributed by atoms with van der Waals surface area (Å²) in [6.45, 7) is 4.15. The Morgan fingerprint density at radius 2 is 1.90 bits per heavy atom. The third kappa shape index (κ3) is 5.46. The highest BCUT2D eigenvalue weighted by molar-refractivity contribution is 9.10. The van der Waals surface area contributed by atoms with Gasteiger partial charge in [-0.05, 0) is 61.2 Å². The Kier molecular flexibility index (Phi) is 6.75. The summed E-state index contributed by atoms with van der Waals surface area (Å²) in [5, 5.41) is 4.34. The molecule has 0 aliphatic carbocycles. The van der Waals surface area contributed by atoms with Crippen molar-refractivity contribution in [2.45, 2.75) is 19.8 Å². The Morgan fingerprint density at radius 1 is 1.10 bits per heavy atom. The second-order valence-corrected chi connectivity index (χ2v) is 6.63. The highest BCUT2D eigenvalue weighted by Crippen LogP contribution is 2.22. The van der Waals surface area contributed by atoms with Crippen LogP contribution in [0.3, 0.4) is 0 Å². The Hall–Kier alpha value is -0.830. The normalized spacial score (nSPS) is 12.3. The van der Waals surface area contributed by atoms with Gasteiger partial charge in [-0.2, -0.15) is 0 Å². The molecule has 1 atom stereocenters. The molecule has 0 fully saturated rings. The molecule has 0 saturated carbocycles. The third-order valence-electron chi connectivity index (χ3n) is 3.56. The summed E-state index contributed by atoms with van der Waals surface area (Å²) in [5.41, 5.74) is 2.59. The predicted octanol–water partition coefficient (Wildman–Crippen LogP) is 5.11. The summed E-state index contributed by atoms with van der Waals surface area (Å²) < 4.78 is 1.14. The quantitative estimate of drug-likeness (QED) is 0.717. The van der Waals surface area contributed by atoms with Crippen LogP contribution in [-0.2, 0) is 12.8 Å². The van der Waals surface area contributed by atoms with Crippen molar-refractivity contribution in [3.05, 3.63) is 69.2 Å². The fourth-order valence-electron chi connectivity index (χ4n) is 2.54. The molecule has 0 amide bonds. The lowest BCUT2D eigenvalue weighted by Crippen LogP contribution is -2.25. The van der Waals surface area contributed by atoms with E-state index in [4.69, 9.17) is 11.6 Å². The summed E-state index contributed by atoms with van der Waals surface area (Å²) in [7, 11) is 0. The van der Waals surface area contributed by atoms with Crippen LogP contribution >= 0.6 is 27.5 Å². The van der Waals surface area contributed by atoms with E-state index in [-0.39, 0.29) is 0 Å². The van der Waals surface area contributed by atoms with Crippen molar-refractivity contribution in [2.24, 2.45) is 5.92 Å². The fourth-order valence-corrected chi connectivity index (χ4v) is 3.20. The van der Waals surface area contributed by atoms with Crippen LogP contribution in [0, 0.1) is 5.92 Å². The monoisotopic (exact) mass is 365 g/mol. The van der Waals surface area contributed by atoms with Gasteiger partial charge >= 0.3 is 0 Å². The van der Waals surface area contributed by atoms with E-state index in [0.29, 0.717) is 5.92 Å². The van der Waals surface area contributed by atoms with Crippen LogP contribution in [0.5, 0.6) is 0 Å². The second kappa shape index (κ2) is 8.57. The summed E-state index contributed by atoms with van der Waals surface area (Å²) in [6.07, 6.45) is 2.05. The molecule has 3 heteroatoms. The SMILES string of the molecule is CCNCC(Cc1cccc(Br)c1)Cc1ccccc1Cl. The summed E-state index contributed by atoms with van der Waals surface area (Å²) >= 11 is 9.85. The average molecular weight is 367 g/mol. The number of hydrogen-bond acceptors (Lipinski definition) is 1. The van der Waals surface area contributed by atoms with Gasteiger partial charge in [0, 0.05) is 9.50 Å². The van der Waals surface area contributed by atoms with Crippen LogP contribution in [0.25, 0.3) is 0 Å². The van der Waals surface area contributed by atoms with Crippen LogP contribution in [0.1, 0.15) is 18.1 Å². The van der Waals surface area contributed by atoms with Crippen molar-refractivity contribution in [1.82, 2.24) is 5.32 Å². The first-order chi connectivity index (χ1) is 10.2. The standard InChI is InChI=1S/C18H21BrClN/c1-2-21-13-15(10-14-6-5-8-17(19)12-14)11-16-7-3-4-9-18(16)20/h3-9,12,15,21H,2,10-11,13H2,1H3. The zero-order valence-corrected chi connectivity index (χ0v) is 14.6. The fraction of sp³-hybridized carbons (Fsp3) is 0.333. The van der Waals surface area contributed by atoms with Gasteiger partial charge in [-0.25, -0.2) is 0 Å². The van der Waals surface area contributed by atoms with Gasteiger partial charge in [0.05, 0.1) is 0 Å². The minimum Gasteiger partial charge on any atom is -0.317 e. The van der Waals surface area contributed by atoms with E-state index in [9.17, 15) is 0 Å². The molecule has 21 heavy (non-hydrogen) atoms. The Balaban J connectivity index is 2.09. The minimum absolute atomic E-state index is 0.541. The zero-order valence-electron chi connectivity index (χ0n) is 12.3. The predicted molar refractivity (Wildman–Crippen MR) is 95.0 cm³/mol. The molecule has 1 unspecified atom stereocenters. The van der Waals surface area contributed by atoms with Gasteiger partial charge in [0.25, 0.3) is 0 Å². The van der Waals surface area contributed by atoms with Gasteiger partial charge in [0.1, 0.15) is 0 Å². The van der Waals surface area contributed by atoms with Crippen LogP contribution < -0.4 is 5.32 Å². The molecular weight excluding hydrogens is 346 g/mol. The van der Waals surface area contributed by atoms with Crippen LogP contribution in [0.4, 0.5) is 0 Å². The van der Waals surface area contributed by atoms with Crippen LogP contribution in [-0.4, -0.2) is 13.1 Å². The molecule has 2 aromatic carbocycles. The number of benzene rings is 2. The maximum Gasteiger partial charge on any atom is 0.0438 e. The first kappa shape index (κ1) is 16.5. The molecule has 2 rings (SSSR count). The summed E-state index contributed by atoms with van der Waals surface area (Å²) in [6, 6.07) is 16.7. The van der Waals surface area contributed by atoms with E-state index in [1.54, 1.807) is 0 Å². The van der Waals surface area contributed by atoms with E-state index in [2.05, 4.69) is 64.6 Å². The highest BCUT2D eigenvalue weighted by atomic mass is 79.9. The van der Waals surface area contributed by atoms with Crippen molar-refractivity contribution in [2.75, 3.05) is 13.1 Å². The lowest BCUT2D eigenvalue weighted by atomic mass is 9.92. The first-order valence-electron chi connectivity index (χ1n) is 7.37. The molecule has 2 aromatic rings. The minimum atomic E-state index is 0.541. The molecule has 0 aliphatic rings. The Morgan fingerprint density at radius 3 is 2.62 bits per heavy atom. The first-order valence-corrected chi connectivity index (χ1v) is 8.54. The zero-order chi connectivity index (χ0) is 15.1. The van der Waals surface area contributed by atoms with Crippen molar-refractivity contribution in [1.29, 1.82) is 0 Å². The highest BCUT2D eigenvalue weighted by Gasteiger charge is 2.12. The van der Waals surface area contributed by atoms with E-state index >= 15 is 0 Å². The number of hydrogen-bond donors (Lipinski definition) is 1. The van der Waals surface area contributed by atoms with Crippen molar-refractivity contribution in [3.63, 3.8) is 0 Å². The van der Waals surface area contributed by atoms with Crippen molar-refractivity contribution in [3.8, 4) is 0 Å². The van der Waals surface area contributed by atoms with Gasteiger partial charge in [-0.15, -0.1) is 0 Å². The van der Waals surface area contributed by atoms with Gasteiger partial charge < -0.3 is 5.32 Å². The molecule has 0 saturated heterocycles. The Bertz CT molecular complexity index is 571. The van der Waals surface area contributed by atoms with E-state index in [1.165, 1.54) is 11.1 Å². The topological polar surface area (TPSA) is 12.0 Å². The third-order valence-corrected chi connectivity index (χ3v) is 4.42. The van der Waals surface area contributed by atoms with E-state index in [0.717, 1.165) is 35.4 Å². The maximum atomic E-state index is 6.30. The van der Waals surface area contributed by atoms with Gasteiger partial charge in [-0.3, -0.25) is 0 Å². The number of rotatable bonds is 7. The Labute approximate surface area is 140 Å². The summed E-state index contributed by atoms with van der Waals surface area (Å²) in [4.78, 5) is 0. The lowest BCUT2D eigenvalue weighted by molar-refractivity contribution is 0.478. The molecule has 112 valence electrons. The van der Waals surface area contributed by atoms with E-state index < -0.39 is 0 Å². The van der Waals surface area contributed by atoms with Crippen LogP contribution in [0.15, 0.2) is 53.0 Å². The lowest BCUT2D eigenvalue weighted by Gasteiger charge is -2.18. The molecule has 1 N–H and O–H groups in total. The van der Waals surface area contributed by atoms with Crippen molar-refractivity contribution < 1.29 is 0 Å². The van der Waals surface area contributed by atoms with Crippen molar-refractivity contribution >= 4 is 27.5 Å².